The molecule has 0 atom stereocenters. The molecule has 0 aromatic heterocycles. The van der Waals surface area contributed by atoms with E-state index in [2.05, 4.69) is 21.2 Å². The van der Waals surface area contributed by atoms with Gasteiger partial charge in [0.05, 0.1) is 16.0 Å². The lowest BCUT2D eigenvalue weighted by molar-refractivity contribution is -0.123. The van der Waals surface area contributed by atoms with Crippen LogP contribution in [-0.2, 0) is 17.9 Å². The topological polar surface area (TPSA) is 58.6 Å². The van der Waals surface area contributed by atoms with Gasteiger partial charge in [-0.1, -0.05) is 65.7 Å². The van der Waals surface area contributed by atoms with Gasteiger partial charge in [0.15, 0.2) is 5.75 Å². The van der Waals surface area contributed by atoms with Gasteiger partial charge in [-0.15, -0.1) is 0 Å². The first-order chi connectivity index (χ1) is 15.4. The Morgan fingerprint density at radius 3 is 2.38 bits per heavy atom. The number of halogens is 3. The van der Waals surface area contributed by atoms with Gasteiger partial charge in [0.1, 0.15) is 12.3 Å². The molecule has 0 unspecified atom stereocenters. The van der Waals surface area contributed by atoms with Crippen LogP contribution in [0.4, 0.5) is 4.79 Å². The number of carbonyl (C=O) groups excluding carboxylic acids is 2. The lowest BCUT2D eigenvalue weighted by Crippen LogP contribution is -2.30. The second kappa shape index (κ2) is 9.77. The zero-order valence-electron chi connectivity index (χ0n) is 16.6. The third-order valence-electron chi connectivity index (χ3n) is 4.77. The highest BCUT2D eigenvalue weighted by Crippen LogP contribution is 2.36. The monoisotopic (exact) mass is 530 g/mol. The largest absolute Gasteiger partial charge is 0.486 e. The fourth-order valence-corrected chi connectivity index (χ4v) is 4.30. The van der Waals surface area contributed by atoms with Crippen molar-refractivity contribution >= 4 is 57.1 Å². The van der Waals surface area contributed by atoms with Crippen LogP contribution in [0.25, 0.3) is 6.08 Å². The third kappa shape index (κ3) is 5.15. The summed E-state index contributed by atoms with van der Waals surface area (Å²) in [5.74, 6) is 0.0883. The van der Waals surface area contributed by atoms with Crippen LogP contribution in [0.3, 0.4) is 0 Å². The Kier molecular flexibility index (Phi) is 6.84. The van der Waals surface area contributed by atoms with Gasteiger partial charge in [-0.3, -0.25) is 9.69 Å². The molecule has 3 aromatic rings. The summed E-state index contributed by atoms with van der Waals surface area (Å²) in [6.45, 7) is 0.518. The predicted molar refractivity (Wildman–Crippen MR) is 128 cm³/mol. The molecule has 0 spiro atoms. The second-order valence-corrected chi connectivity index (χ2v) is 8.79. The Morgan fingerprint density at radius 1 is 0.969 bits per heavy atom. The number of hydrogen-bond acceptors (Lipinski definition) is 3. The van der Waals surface area contributed by atoms with E-state index in [-0.39, 0.29) is 12.2 Å². The van der Waals surface area contributed by atoms with Gasteiger partial charge < -0.3 is 10.1 Å². The standard InChI is InChI=1S/C24H17BrCl2N2O3/c25-19-10-17(11-20(27)22(19)32-14-16-6-8-18(26)9-7-16)12-21-23(30)29(24(31)28-21)13-15-4-2-1-3-5-15/h1-12H,13-14H2,(H,28,31)/b21-12+. The quantitative estimate of drug-likeness (QED) is 0.294. The molecule has 162 valence electrons. The van der Waals surface area contributed by atoms with Crippen LogP contribution in [0.1, 0.15) is 16.7 Å². The van der Waals surface area contributed by atoms with Gasteiger partial charge in [0.25, 0.3) is 5.91 Å². The van der Waals surface area contributed by atoms with Crippen LogP contribution in [0.2, 0.25) is 10.0 Å². The van der Waals surface area contributed by atoms with Crippen LogP contribution in [0, 0.1) is 0 Å². The molecular formula is C24H17BrCl2N2O3. The van der Waals surface area contributed by atoms with E-state index in [0.29, 0.717) is 32.4 Å². The number of amides is 3. The summed E-state index contributed by atoms with van der Waals surface area (Å²) in [7, 11) is 0. The zero-order valence-corrected chi connectivity index (χ0v) is 19.7. The van der Waals surface area contributed by atoms with Crippen molar-refractivity contribution in [2.75, 3.05) is 0 Å². The van der Waals surface area contributed by atoms with Crippen molar-refractivity contribution in [1.29, 1.82) is 0 Å². The van der Waals surface area contributed by atoms with Crippen molar-refractivity contribution in [3.63, 3.8) is 0 Å². The molecule has 4 rings (SSSR count). The van der Waals surface area contributed by atoms with Crippen LogP contribution < -0.4 is 10.1 Å². The van der Waals surface area contributed by atoms with Gasteiger partial charge in [0.2, 0.25) is 0 Å². The number of rotatable bonds is 6. The molecule has 0 bridgehead atoms. The SMILES string of the molecule is O=C1N/C(=C/c2cc(Cl)c(OCc3ccc(Cl)cc3)c(Br)c2)C(=O)N1Cc1ccccc1. The Morgan fingerprint density at radius 2 is 1.69 bits per heavy atom. The first-order valence-electron chi connectivity index (χ1n) is 9.65. The zero-order chi connectivity index (χ0) is 22.7. The van der Waals surface area contributed by atoms with Crippen molar-refractivity contribution in [3.8, 4) is 5.75 Å². The molecule has 32 heavy (non-hydrogen) atoms. The highest BCUT2D eigenvalue weighted by atomic mass is 79.9. The predicted octanol–water partition coefficient (Wildman–Crippen LogP) is 6.43. The number of urea groups is 1. The number of nitrogens with one attached hydrogen (secondary N) is 1. The maximum Gasteiger partial charge on any atom is 0.329 e. The van der Waals surface area contributed by atoms with Crippen molar-refractivity contribution in [1.82, 2.24) is 10.2 Å². The van der Waals surface area contributed by atoms with Gasteiger partial charge in [0, 0.05) is 5.02 Å². The third-order valence-corrected chi connectivity index (χ3v) is 5.90. The first kappa shape index (κ1) is 22.4. The maximum absolute atomic E-state index is 12.7. The number of ether oxygens (including phenoxy) is 1. The minimum atomic E-state index is -0.460. The van der Waals surface area contributed by atoms with Crippen LogP contribution >= 0.6 is 39.1 Å². The molecule has 0 saturated carbocycles. The molecule has 8 heteroatoms. The van der Waals surface area contributed by atoms with Crippen LogP contribution in [0.5, 0.6) is 5.75 Å². The Labute approximate surface area is 203 Å². The minimum absolute atomic E-state index is 0.184. The van der Waals surface area contributed by atoms with Gasteiger partial charge in [-0.2, -0.15) is 0 Å². The summed E-state index contributed by atoms with van der Waals surface area (Å²) >= 11 is 15.8. The van der Waals surface area contributed by atoms with Crippen molar-refractivity contribution < 1.29 is 14.3 Å². The number of hydrogen-bond donors (Lipinski definition) is 1. The molecular weight excluding hydrogens is 515 g/mol. The molecule has 1 N–H and O–H groups in total. The summed E-state index contributed by atoms with van der Waals surface area (Å²) in [6, 6.07) is 19.6. The lowest BCUT2D eigenvalue weighted by atomic mass is 10.1. The summed E-state index contributed by atoms with van der Waals surface area (Å²) in [5, 5.41) is 3.65. The van der Waals surface area contributed by atoms with Crippen molar-refractivity contribution in [2.24, 2.45) is 0 Å². The van der Waals surface area contributed by atoms with E-state index in [1.165, 1.54) is 4.90 Å². The summed E-state index contributed by atoms with van der Waals surface area (Å²) in [6.07, 6.45) is 1.59. The number of benzene rings is 3. The van der Waals surface area contributed by atoms with E-state index in [9.17, 15) is 9.59 Å². The smallest absolute Gasteiger partial charge is 0.329 e. The fraction of sp³-hybridized carbons (Fsp3) is 0.0833. The summed E-state index contributed by atoms with van der Waals surface area (Å²) in [5.41, 5.74) is 2.64. The van der Waals surface area contributed by atoms with Gasteiger partial charge >= 0.3 is 6.03 Å². The highest BCUT2D eigenvalue weighted by molar-refractivity contribution is 9.10. The Balaban J connectivity index is 1.49. The molecule has 3 aromatic carbocycles. The van der Waals surface area contributed by atoms with Crippen molar-refractivity contribution in [3.05, 3.63) is 104 Å². The van der Waals surface area contributed by atoms with E-state index in [0.717, 1.165) is 11.1 Å². The molecule has 0 aliphatic carbocycles. The van der Waals surface area contributed by atoms with E-state index in [1.807, 2.05) is 42.5 Å². The maximum atomic E-state index is 12.7. The molecule has 1 saturated heterocycles. The van der Waals surface area contributed by atoms with E-state index < -0.39 is 11.9 Å². The molecule has 5 nitrogen and oxygen atoms in total. The molecule has 1 aliphatic rings. The normalized spacial score (nSPS) is 14.7. The average Bonchev–Trinajstić information content (AvgIpc) is 3.02. The molecule has 1 fully saturated rings. The lowest BCUT2D eigenvalue weighted by Gasteiger charge is -2.12. The van der Waals surface area contributed by atoms with Crippen LogP contribution in [-0.4, -0.2) is 16.8 Å². The van der Waals surface area contributed by atoms with E-state index in [1.54, 1.807) is 30.3 Å². The van der Waals surface area contributed by atoms with Crippen molar-refractivity contribution in [2.45, 2.75) is 13.2 Å². The Bertz CT molecular complexity index is 1170. The number of carbonyl (C=O) groups is 2. The minimum Gasteiger partial charge on any atom is -0.486 e. The summed E-state index contributed by atoms with van der Waals surface area (Å²) in [4.78, 5) is 26.2. The van der Waals surface area contributed by atoms with Gasteiger partial charge in [-0.05, 0) is 63.0 Å². The van der Waals surface area contributed by atoms with E-state index in [4.69, 9.17) is 27.9 Å². The van der Waals surface area contributed by atoms with Crippen LogP contribution in [0.15, 0.2) is 76.9 Å². The van der Waals surface area contributed by atoms with E-state index >= 15 is 0 Å². The number of nitrogens with zero attached hydrogens (tertiary/aromatic N) is 1. The highest BCUT2D eigenvalue weighted by Gasteiger charge is 2.33. The molecule has 1 aliphatic heterocycles. The Hall–Kier alpha value is -2.80. The average molecular weight is 532 g/mol. The molecule has 0 radical (unpaired) electrons. The fourth-order valence-electron chi connectivity index (χ4n) is 3.18. The van der Waals surface area contributed by atoms with Gasteiger partial charge in [-0.25, -0.2) is 4.79 Å². The molecule has 1 heterocycles. The molecule has 3 amide bonds. The number of imide groups is 1. The summed E-state index contributed by atoms with van der Waals surface area (Å²) < 4.78 is 6.48. The second-order valence-electron chi connectivity index (χ2n) is 7.09. The first-order valence-corrected chi connectivity index (χ1v) is 11.2.